The molecule has 0 aliphatic heterocycles. The van der Waals surface area contributed by atoms with E-state index in [4.69, 9.17) is 0 Å². The molecule has 0 bridgehead atoms. The average molecular weight is 313 g/mol. The summed E-state index contributed by atoms with van der Waals surface area (Å²) in [7, 11) is 0. The summed E-state index contributed by atoms with van der Waals surface area (Å²) in [6, 6.07) is 12.5. The molecule has 0 unspecified atom stereocenters. The zero-order valence-electron chi connectivity index (χ0n) is 11.8. The summed E-state index contributed by atoms with van der Waals surface area (Å²) < 4.78 is 0. The summed E-state index contributed by atoms with van der Waals surface area (Å²) in [5.41, 5.74) is 6.43. The lowest BCUT2D eigenvalue weighted by atomic mass is 10.1. The van der Waals surface area contributed by atoms with Gasteiger partial charge in [0.1, 0.15) is 0 Å². The van der Waals surface area contributed by atoms with E-state index >= 15 is 0 Å². The molecule has 2 aromatic heterocycles. The van der Waals surface area contributed by atoms with Crippen LogP contribution in [-0.4, -0.2) is 11.2 Å². The zero-order valence-corrected chi connectivity index (χ0v) is 13.5. The van der Waals surface area contributed by atoms with Crippen molar-refractivity contribution in [3.05, 3.63) is 57.1 Å². The van der Waals surface area contributed by atoms with Gasteiger partial charge in [-0.05, 0) is 25.3 Å². The number of nitrogens with zero attached hydrogens (tertiary/aromatic N) is 2. The van der Waals surface area contributed by atoms with E-state index in [-0.39, 0.29) is 0 Å². The second kappa shape index (κ2) is 6.20. The highest BCUT2D eigenvalue weighted by atomic mass is 32.1. The molecule has 0 atom stereocenters. The first-order valence-corrected chi connectivity index (χ1v) is 8.29. The maximum Gasteiger partial charge on any atom is 0.204 e. The number of hydrogen-bond acceptors (Lipinski definition) is 5. The Kier molecular flexibility index (Phi) is 4.13. The highest BCUT2D eigenvalue weighted by Crippen LogP contribution is 2.30. The van der Waals surface area contributed by atoms with E-state index in [0.29, 0.717) is 0 Å². The normalized spacial score (nSPS) is 11.1. The van der Waals surface area contributed by atoms with Gasteiger partial charge in [0.05, 0.1) is 11.9 Å². The molecule has 0 spiro atoms. The minimum atomic E-state index is 0.816. The molecular weight excluding hydrogens is 298 g/mol. The van der Waals surface area contributed by atoms with Gasteiger partial charge in [-0.3, -0.25) is 5.43 Å². The van der Waals surface area contributed by atoms with Gasteiger partial charge in [0, 0.05) is 15.3 Å². The van der Waals surface area contributed by atoms with Gasteiger partial charge in [-0.15, -0.1) is 22.7 Å². The van der Waals surface area contributed by atoms with Crippen LogP contribution in [0.1, 0.15) is 15.3 Å². The van der Waals surface area contributed by atoms with E-state index in [0.717, 1.165) is 21.3 Å². The van der Waals surface area contributed by atoms with Crippen LogP contribution in [0.4, 0.5) is 5.13 Å². The van der Waals surface area contributed by atoms with E-state index in [1.54, 1.807) is 22.7 Å². The van der Waals surface area contributed by atoms with Crippen LogP contribution in [0, 0.1) is 13.8 Å². The number of benzene rings is 1. The number of thiophene rings is 1. The Morgan fingerprint density at radius 3 is 2.67 bits per heavy atom. The van der Waals surface area contributed by atoms with Gasteiger partial charge >= 0.3 is 0 Å². The highest BCUT2D eigenvalue weighted by molar-refractivity contribution is 7.16. The summed E-state index contributed by atoms with van der Waals surface area (Å²) in [6.45, 7) is 4.17. The maximum absolute atomic E-state index is 4.63. The van der Waals surface area contributed by atoms with Gasteiger partial charge in [0.25, 0.3) is 0 Å². The first-order chi connectivity index (χ1) is 10.2. The van der Waals surface area contributed by atoms with E-state index in [9.17, 15) is 0 Å². The number of hydrogen-bond donors (Lipinski definition) is 1. The predicted octanol–water partition coefficient (Wildman–Crippen LogP) is 4.93. The van der Waals surface area contributed by atoms with E-state index in [1.807, 2.05) is 23.7 Å². The van der Waals surface area contributed by atoms with Crippen LogP contribution < -0.4 is 5.43 Å². The molecular formula is C16H15N3S2. The van der Waals surface area contributed by atoms with Crippen LogP contribution in [0.25, 0.3) is 11.3 Å². The Bertz CT molecular complexity index is 740. The predicted molar refractivity (Wildman–Crippen MR) is 92.6 cm³/mol. The summed E-state index contributed by atoms with van der Waals surface area (Å²) in [5, 5.41) is 7.08. The van der Waals surface area contributed by atoms with Crippen molar-refractivity contribution in [3.8, 4) is 11.3 Å². The molecule has 0 saturated heterocycles. The zero-order chi connectivity index (χ0) is 14.7. The average Bonchev–Trinajstić information content (AvgIpc) is 3.10. The fourth-order valence-electron chi connectivity index (χ4n) is 1.94. The standard InChI is InChI=1S/C16H15N3S2/c1-11-5-7-13(8-6-11)15-12(2)21-16(18-15)19-17-10-14-4-3-9-20-14/h3-10H,1-2H3,(H,18,19)/b17-10-. The maximum atomic E-state index is 4.63. The Morgan fingerprint density at radius 1 is 1.14 bits per heavy atom. The Labute approximate surface area is 132 Å². The summed E-state index contributed by atoms with van der Waals surface area (Å²) in [6.07, 6.45) is 1.81. The van der Waals surface area contributed by atoms with Crippen LogP contribution in [0.3, 0.4) is 0 Å². The van der Waals surface area contributed by atoms with Gasteiger partial charge in [0.15, 0.2) is 0 Å². The number of nitrogens with one attached hydrogen (secondary N) is 1. The largest absolute Gasteiger partial charge is 0.253 e. The monoisotopic (exact) mass is 313 g/mol. The number of anilines is 1. The number of aryl methyl sites for hydroxylation is 2. The Hall–Kier alpha value is -1.98. The molecule has 1 aromatic carbocycles. The molecule has 106 valence electrons. The molecule has 0 aliphatic rings. The molecule has 0 radical (unpaired) electrons. The minimum absolute atomic E-state index is 0.816. The number of thiazole rings is 1. The van der Waals surface area contributed by atoms with E-state index < -0.39 is 0 Å². The molecule has 5 heteroatoms. The number of aromatic nitrogens is 1. The van der Waals surface area contributed by atoms with Gasteiger partial charge in [-0.25, -0.2) is 4.98 Å². The van der Waals surface area contributed by atoms with Crippen molar-refractivity contribution in [1.82, 2.24) is 4.98 Å². The van der Waals surface area contributed by atoms with E-state index in [2.05, 4.69) is 53.6 Å². The van der Waals surface area contributed by atoms with Gasteiger partial charge in [-0.2, -0.15) is 5.10 Å². The first-order valence-electron chi connectivity index (χ1n) is 6.59. The molecule has 0 amide bonds. The SMILES string of the molecule is Cc1ccc(-c2nc(N/N=C\c3cccs3)sc2C)cc1. The Morgan fingerprint density at radius 2 is 1.95 bits per heavy atom. The molecule has 0 saturated carbocycles. The fraction of sp³-hybridized carbons (Fsp3) is 0.125. The quantitative estimate of drug-likeness (QED) is 0.547. The first kappa shape index (κ1) is 14.0. The molecule has 3 aromatic rings. The van der Waals surface area contributed by atoms with Gasteiger partial charge in [-0.1, -0.05) is 35.9 Å². The van der Waals surface area contributed by atoms with Gasteiger partial charge in [0.2, 0.25) is 5.13 Å². The lowest BCUT2D eigenvalue weighted by Crippen LogP contribution is -1.88. The third kappa shape index (κ3) is 3.37. The van der Waals surface area contributed by atoms with Crippen molar-refractivity contribution in [3.63, 3.8) is 0 Å². The third-order valence-corrected chi connectivity index (χ3v) is 4.70. The van der Waals surface area contributed by atoms with Gasteiger partial charge < -0.3 is 0 Å². The van der Waals surface area contributed by atoms with Crippen molar-refractivity contribution < 1.29 is 0 Å². The highest BCUT2D eigenvalue weighted by Gasteiger charge is 2.09. The topological polar surface area (TPSA) is 37.3 Å². The van der Waals surface area contributed by atoms with E-state index in [1.165, 1.54) is 10.4 Å². The molecule has 1 N–H and O–H groups in total. The second-order valence-corrected chi connectivity index (χ2v) is 6.86. The van der Waals surface area contributed by atoms with Crippen molar-refractivity contribution in [2.45, 2.75) is 13.8 Å². The van der Waals surface area contributed by atoms with Crippen LogP contribution >= 0.6 is 22.7 Å². The smallest absolute Gasteiger partial charge is 0.204 e. The lowest BCUT2D eigenvalue weighted by Gasteiger charge is -1.99. The molecule has 3 rings (SSSR count). The molecule has 21 heavy (non-hydrogen) atoms. The molecule has 0 fully saturated rings. The van der Waals surface area contributed by atoms with Crippen molar-refractivity contribution in [2.24, 2.45) is 5.10 Å². The number of rotatable bonds is 4. The molecule has 2 heterocycles. The van der Waals surface area contributed by atoms with Crippen LogP contribution in [0.15, 0.2) is 46.9 Å². The second-order valence-electron chi connectivity index (χ2n) is 4.68. The minimum Gasteiger partial charge on any atom is -0.253 e. The number of hydrazone groups is 1. The van der Waals surface area contributed by atoms with Crippen molar-refractivity contribution >= 4 is 34.0 Å². The van der Waals surface area contributed by atoms with Crippen LogP contribution in [0.5, 0.6) is 0 Å². The van der Waals surface area contributed by atoms with Crippen molar-refractivity contribution in [2.75, 3.05) is 5.43 Å². The van der Waals surface area contributed by atoms with Crippen LogP contribution in [0.2, 0.25) is 0 Å². The lowest BCUT2D eigenvalue weighted by molar-refractivity contribution is 1.28. The summed E-state index contributed by atoms with van der Waals surface area (Å²) in [4.78, 5) is 6.93. The molecule has 3 nitrogen and oxygen atoms in total. The molecule has 0 aliphatic carbocycles. The van der Waals surface area contributed by atoms with Crippen LogP contribution in [-0.2, 0) is 0 Å². The summed E-state index contributed by atoms with van der Waals surface area (Å²) in [5.74, 6) is 0. The Balaban J connectivity index is 1.76. The summed E-state index contributed by atoms with van der Waals surface area (Å²) >= 11 is 3.28. The third-order valence-electron chi connectivity index (χ3n) is 3.02. The van der Waals surface area contributed by atoms with Crippen molar-refractivity contribution in [1.29, 1.82) is 0 Å². The fourth-order valence-corrected chi connectivity index (χ4v) is 3.31.